The van der Waals surface area contributed by atoms with Gasteiger partial charge in [-0.05, 0) is 19.1 Å². The zero-order valence-corrected chi connectivity index (χ0v) is 7.28. The Hall–Kier alpha value is -2.00. The van der Waals surface area contributed by atoms with Gasteiger partial charge in [-0.2, -0.15) is 5.26 Å². The van der Waals surface area contributed by atoms with Gasteiger partial charge < -0.3 is 5.32 Å². The lowest BCUT2D eigenvalue weighted by molar-refractivity contribution is 1.01. The van der Waals surface area contributed by atoms with E-state index in [-0.39, 0.29) is 6.04 Å². The first-order valence-corrected chi connectivity index (χ1v) is 3.85. The minimum atomic E-state index is -0.123. The third kappa shape index (κ3) is 2.21. The van der Waals surface area contributed by atoms with Crippen LogP contribution in [0.2, 0.25) is 0 Å². The van der Waals surface area contributed by atoms with E-state index in [9.17, 15) is 0 Å². The standard InChI is InChI=1S/C10H9N3/c1-3-8(2)13-10-9(7-11)5-4-6-12-10/h1,4-6,8H,2H3,(H,12,13). The molecular formula is C10H9N3. The van der Waals surface area contributed by atoms with Gasteiger partial charge in [0, 0.05) is 6.20 Å². The molecule has 0 spiro atoms. The number of nitrogens with one attached hydrogen (secondary N) is 1. The van der Waals surface area contributed by atoms with E-state index >= 15 is 0 Å². The van der Waals surface area contributed by atoms with E-state index in [1.807, 2.05) is 13.0 Å². The summed E-state index contributed by atoms with van der Waals surface area (Å²) in [6.45, 7) is 1.83. The molecule has 0 amide bonds. The third-order valence-corrected chi connectivity index (χ3v) is 1.53. The summed E-state index contributed by atoms with van der Waals surface area (Å²) < 4.78 is 0. The maximum absolute atomic E-state index is 8.72. The van der Waals surface area contributed by atoms with Gasteiger partial charge in [-0.3, -0.25) is 0 Å². The number of nitriles is 1. The molecule has 0 aliphatic rings. The van der Waals surface area contributed by atoms with Crippen LogP contribution in [0, 0.1) is 23.7 Å². The highest BCUT2D eigenvalue weighted by Crippen LogP contribution is 2.10. The van der Waals surface area contributed by atoms with Crippen molar-refractivity contribution in [2.24, 2.45) is 0 Å². The van der Waals surface area contributed by atoms with Gasteiger partial charge in [0.1, 0.15) is 11.9 Å². The van der Waals surface area contributed by atoms with Gasteiger partial charge in [0.15, 0.2) is 0 Å². The Morgan fingerprint density at radius 3 is 3.08 bits per heavy atom. The molecular weight excluding hydrogens is 162 g/mol. The van der Waals surface area contributed by atoms with Gasteiger partial charge in [-0.15, -0.1) is 6.42 Å². The summed E-state index contributed by atoms with van der Waals surface area (Å²) in [4.78, 5) is 4.01. The predicted octanol–water partition coefficient (Wildman–Crippen LogP) is 1.39. The third-order valence-electron chi connectivity index (χ3n) is 1.53. The van der Waals surface area contributed by atoms with Crippen molar-refractivity contribution in [3.05, 3.63) is 23.9 Å². The predicted molar refractivity (Wildman–Crippen MR) is 50.9 cm³/mol. The molecule has 1 rings (SSSR count). The first-order valence-electron chi connectivity index (χ1n) is 3.85. The van der Waals surface area contributed by atoms with Crippen molar-refractivity contribution in [1.29, 1.82) is 5.26 Å². The molecule has 1 N–H and O–H groups in total. The van der Waals surface area contributed by atoms with Crippen LogP contribution in [0.25, 0.3) is 0 Å². The second-order valence-electron chi connectivity index (χ2n) is 2.54. The number of anilines is 1. The number of hydrogen-bond acceptors (Lipinski definition) is 3. The van der Waals surface area contributed by atoms with E-state index in [1.165, 1.54) is 0 Å². The Balaban J connectivity index is 2.90. The largest absolute Gasteiger partial charge is 0.356 e. The molecule has 0 saturated heterocycles. The van der Waals surface area contributed by atoms with Crippen LogP contribution in [-0.4, -0.2) is 11.0 Å². The van der Waals surface area contributed by atoms with Crippen LogP contribution in [0.3, 0.4) is 0 Å². The molecule has 0 aromatic carbocycles. The summed E-state index contributed by atoms with van der Waals surface area (Å²) in [5.41, 5.74) is 0.504. The molecule has 3 nitrogen and oxygen atoms in total. The summed E-state index contributed by atoms with van der Waals surface area (Å²) in [5.74, 6) is 3.04. The van der Waals surface area contributed by atoms with Crippen molar-refractivity contribution in [2.75, 3.05) is 5.32 Å². The monoisotopic (exact) mass is 171 g/mol. The molecule has 0 bridgehead atoms. The molecule has 1 unspecified atom stereocenters. The Labute approximate surface area is 77.4 Å². The second-order valence-corrected chi connectivity index (χ2v) is 2.54. The molecule has 0 aliphatic carbocycles. The minimum Gasteiger partial charge on any atom is -0.356 e. The molecule has 0 fully saturated rings. The maximum Gasteiger partial charge on any atom is 0.144 e. The summed E-state index contributed by atoms with van der Waals surface area (Å²) >= 11 is 0. The Morgan fingerprint density at radius 1 is 1.69 bits per heavy atom. The van der Waals surface area contributed by atoms with Crippen molar-refractivity contribution in [2.45, 2.75) is 13.0 Å². The van der Waals surface area contributed by atoms with Crippen molar-refractivity contribution >= 4 is 5.82 Å². The van der Waals surface area contributed by atoms with Crippen LogP contribution in [0.1, 0.15) is 12.5 Å². The highest BCUT2D eigenvalue weighted by molar-refractivity contribution is 5.52. The van der Waals surface area contributed by atoms with Gasteiger partial charge in [0.2, 0.25) is 0 Å². The van der Waals surface area contributed by atoms with Crippen LogP contribution < -0.4 is 5.32 Å². The lowest BCUT2D eigenvalue weighted by Crippen LogP contribution is -2.14. The van der Waals surface area contributed by atoms with E-state index in [2.05, 4.69) is 16.2 Å². The average Bonchev–Trinajstić information content (AvgIpc) is 2.18. The van der Waals surface area contributed by atoms with Crippen molar-refractivity contribution in [1.82, 2.24) is 4.98 Å². The first kappa shape index (κ1) is 9.09. The fourth-order valence-electron chi connectivity index (χ4n) is 0.857. The minimum absolute atomic E-state index is 0.123. The highest BCUT2D eigenvalue weighted by atomic mass is 15.0. The van der Waals surface area contributed by atoms with E-state index in [4.69, 9.17) is 11.7 Å². The number of pyridine rings is 1. The van der Waals surface area contributed by atoms with Gasteiger partial charge in [-0.1, -0.05) is 5.92 Å². The zero-order chi connectivity index (χ0) is 9.68. The average molecular weight is 171 g/mol. The Kier molecular flexibility index (Phi) is 2.89. The molecule has 1 aromatic heterocycles. The number of terminal acetylenes is 1. The summed E-state index contributed by atoms with van der Waals surface area (Å²) in [5, 5.41) is 11.7. The number of aromatic nitrogens is 1. The van der Waals surface area contributed by atoms with Crippen molar-refractivity contribution in [3.63, 3.8) is 0 Å². The Morgan fingerprint density at radius 2 is 2.46 bits per heavy atom. The molecule has 0 radical (unpaired) electrons. The topological polar surface area (TPSA) is 48.7 Å². The van der Waals surface area contributed by atoms with E-state index in [0.717, 1.165) is 0 Å². The smallest absolute Gasteiger partial charge is 0.144 e. The summed E-state index contributed by atoms with van der Waals surface area (Å²) in [6, 6.07) is 5.31. The molecule has 1 aromatic rings. The van der Waals surface area contributed by atoms with Gasteiger partial charge >= 0.3 is 0 Å². The lowest BCUT2D eigenvalue weighted by atomic mass is 10.2. The number of rotatable bonds is 2. The molecule has 0 saturated carbocycles. The molecule has 13 heavy (non-hydrogen) atoms. The summed E-state index contributed by atoms with van der Waals surface area (Å²) in [6.07, 6.45) is 6.81. The fourth-order valence-corrected chi connectivity index (χ4v) is 0.857. The number of hydrogen-bond donors (Lipinski definition) is 1. The van der Waals surface area contributed by atoms with Gasteiger partial charge in [0.25, 0.3) is 0 Å². The summed E-state index contributed by atoms with van der Waals surface area (Å²) in [7, 11) is 0. The van der Waals surface area contributed by atoms with E-state index < -0.39 is 0 Å². The second kappa shape index (κ2) is 4.13. The van der Waals surface area contributed by atoms with Crippen LogP contribution in [0.4, 0.5) is 5.82 Å². The fraction of sp³-hybridized carbons (Fsp3) is 0.200. The quantitative estimate of drug-likeness (QED) is 0.684. The lowest BCUT2D eigenvalue weighted by Gasteiger charge is -2.08. The molecule has 1 atom stereocenters. The molecule has 0 aliphatic heterocycles. The van der Waals surface area contributed by atoms with Crippen LogP contribution in [0.15, 0.2) is 18.3 Å². The van der Waals surface area contributed by atoms with Crippen molar-refractivity contribution < 1.29 is 0 Å². The first-order chi connectivity index (χ1) is 6.27. The van der Waals surface area contributed by atoms with Crippen molar-refractivity contribution in [3.8, 4) is 18.4 Å². The van der Waals surface area contributed by atoms with E-state index in [1.54, 1.807) is 18.3 Å². The van der Waals surface area contributed by atoms with Gasteiger partial charge in [0.05, 0.1) is 11.6 Å². The zero-order valence-electron chi connectivity index (χ0n) is 7.28. The molecule has 1 heterocycles. The normalized spacial score (nSPS) is 11.0. The van der Waals surface area contributed by atoms with Crippen LogP contribution in [-0.2, 0) is 0 Å². The Bertz CT molecular complexity index is 370. The molecule has 64 valence electrons. The van der Waals surface area contributed by atoms with E-state index in [0.29, 0.717) is 11.4 Å². The SMILES string of the molecule is C#CC(C)Nc1ncccc1C#N. The van der Waals surface area contributed by atoms with Crippen LogP contribution >= 0.6 is 0 Å². The van der Waals surface area contributed by atoms with Gasteiger partial charge in [-0.25, -0.2) is 4.98 Å². The highest BCUT2D eigenvalue weighted by Gasteiger charge is 2.03. The number of nitrogens with zero attached hydrogens (tertiary/aromatic N) is 2. The maximum atomic E-state index is 8.72. The van der Waals surface area contributed by atoms with Crippen LogP contribution in [0.5, 0.6) is 0 Å². The molecule has 3 heteroatoms.